The second-order valence-electron chi connectivity index (χ2n) is 11.4. The predicted octanol–water partition coefficient (Wildman–Crippen LogP) is 4.76. The van der Waals surface area contributed by atoms with E-state index in [-0.39, 0.29) is 34.0 Å². The summed E-state index contributed by atoms with van der Waals surface area (Å²) >= 11 is 13.3. The summed E-state index contributed by atoms with van der Waals surface area (Å²) < 4.78 is 36.9. The van der Waals surface area contributed by atoms with E-state index in [9.17, 15) is 13.2 Å². The molecular weight excluding hydrogens is 637 g/mol. The first-order valence-electron chi connectivity index (χ1n) is 15.1. The van der Waals surface area contributed by atoms with Crippen LogP contribution in [-0.4, -0.2) is 82.0 Å². The summed E-state index contributed by atoms with van der Waals surface area (Å²) in [5.74, 6) is 0.189. The highest BCUT2D eigenvalue weighted by Gasteiger charge is 2.40. The Bertz CT molecular complexity index is 1800. The predicted molar refractivity (Wildman–Crippen MR) is 172 cm³/mol. The molecule has 0 saturated carbocycles. The third-order valence-electron chi connectivity index (χ3n) is 8.34. The Morgan fingerprint density at radius 1 is 1.11 bits per heavy atom. The van der Waals surface area contributed by atoms with E-state index in [1.54, 1.807) is 17.1 Å². The van der Waals surface area contributed by atoms with Crippen LogP contribution in [0.25, 0.3) is 16.6 Å². The summed E-state index contributed by atoms with van der Waals surface area (Å²) in [7, 11) is -4.11. The Morgan fingerprint density at radius 3 is 2.71 bits per heavy atom. The molecule has 1 amide bonds. The summed E-state index contributed by atoms with van der Waals surface area (Å²) in [5.41, 5.74) is 2.47. The van der Waals surface area contributed by atoms with Gasteiger partial charge in [-0.15, -0.1) is 0 Å². The molecule has 2 fully saturated rings. The van der Waals surface area contributed by atoms with Gasteiger partial charge < -0.3 is 15.0 Å². The zero-order valence-electron chi connectivity index (χ0n) is 25.0. The standard InChI is InChI=1S/C31H35Cl2N7O4S/c1-21-17-26(39-20-34-19-36-39)22-7-4-9-27(30(22)37-21)44-18-23-24(32)10-11-28(29(23)33)45(42,43)40-16-5-8-25(40)31(41)35-12-6-15-38-13-2-3-14-38/h4,7,9-11,17,19-20,25H,2-3,5-6,8,12-16,18H2,1H3,(H,35,41)/t25-/m0/s1. The number of rotatable bonds is 11. The number of sulfonamides is 1. The van der Waals surface area contributed by atoms with Crippen LogP contribution in [0.1, 0.15) is 43.4 Å². The van der Waals surface area contributed by atoms with Crippen LogP contribution in [0.3, 0.4) is 0 Å². The summed E-state index contributed by atoms with van der Waals surface area (Å²) in [6.45, 7) is 5.63. The van der Waals surface area contributed by atoms with E-state index in [1.807, 2.05) is 25.1 Å². The van der Waals surface area contributed by atoms with Crippen molar-refractivity contribution < 1.29 is 17.9 Å². The van der Waals surface area contributed by atoms with Gasteiger partial charge in [-0.1, -0.05) is 35.3 Å². The van der Waals surface area contributed by atoms with E-state index in [1.165, 1.54) is 35.6 Å². The molecule has 0 unspecified atom stereocenters. The first-order valence-corrected chi connectivity index (χ1v) is 17.3. The molecule has 14 heteroatoms. The van der Waals surface area contributed by atoms with Crippen molar-refractivity contribution in [2.24, 2.45) is 0 Å². The van der Waals surface area contributed by atoms with E-state index in [4.69, 9.17) is 27.9 Å². The average molecular weight is 673 g/mol. The zero-order valence-corrected chi connectivity index (χ0v) is 27.3. The average Bonchev–Trinajstić information content (AvgIpc) is 3.82. The normalized spacial score (nSPS) is 17.7. The number of nitrogens with one attached hydrogen (secondary N) is 1. The molecule has 0 spiro atoms. The monoisotopic (exact) mass is 671 g/mol. The lowest BCUT2D eigenvalue weighted by atomic mass is 10.1. The van der Waals surface area contributed by atoms with Crippen molar-refractivity contribution in [1.29, 1.82) is 0 Å². The molecule has 2 aliphatic heterocycles. The molecular formula is C31H35Cl2N7O4S. The van der Waals surface area contributed by atoms with Gasteiger partial charge in [0, 0.05) is 34.8 Å². The molecule has 45 heavy (non-hydrogen) atoms. The number of para-hydroxylation sites is 1. The number of benzene rings is 2. The van der Waals surface area contributed by atoms with Crippen LogP contribution >= 0.6 is 23.2 Å². The smallest absolute Gasteiger partial charge is 0.245 e. The van der Waals surface area contributed by atoms with Crippen LogP contribution < -0.4 is 10.1 Å². The number of likely N-dealkylation sites (tertiary alicyclic amines) is 1. The Labute approximate surface area is 272 Å². The maximum absolute atomic E-state index is 13.9. The van der Waals surface area contributed by atoms with E-state index >= 15 is 0 Å². The highest BCUT2D eigenvalue weighted by molar-refractivity contribution is 7.89. The molecule has 1 N–H and O–H groups in total. The fourth-order valence-electron chi connectivity index (χ4n) is 6.08. The van der Waals surface area contributed by atoms with Gasteiger partial charge in [0.2, 0.25) is 15.9 Å². The van der Waals surface area contributed by atoms with Gasteiger partial charge in [-0.25, -0.2) is 23.1 Å². The molecule has 0 radical (unpaired) electrons. The summed E-state index contributed by atoms with van der Waals surface area (Å²) in [6, 6.07) is 9.53. The van der Waals surface area contributed by atoms with E-state index < -0.39 is 16.1 Å². The van der Waals surface area contributed by atoms with Crippen LogP contribution in [0, 0.1) is 6.92 Å². The number of carbonyl (C=O) groups is 1. The lowest BCUT2D eigenvalue weighted by molar-refractivity contribution is -0.124. The third kappa shape index (κ3) is 6.66. The lowest BCUT2D eigenvalue weighted by Gasteiger charge is -2.25. The zero-order chi connectivity index (χ0) is 31.6. The molecule has 2 aromatic carbocycles. The van der Waals surface area contributed by atoms with Crippen molar-refractivity contribution in [2.45, 2.75) is 56.6 Å². The Kier molecular flexibility index (Phi) is 9.57. The molecule has 1 atom stereocenters. The van der Waals surface area contributed by atoms with Crippen molar-refractivity contribution in [2.75, 3.05) is 32.7 Å². The molecule has 2 aromatic heterocycles. The van der Waals surface area contributed by atoms with Crippen molar-refractivity contribution >= 4 is 50.0 Å². The number of carbonyl (C=O) groups excluding carboxylic acids is 1. The number of aryl methyl sites for hydroxylation is 1. The number of pyridine rings is 1. The van der Waals surface area contributed by atoms with Gasteiger partial charge in [0.05, 0.1) is 10.7 Å². The number of halogens is 2. The third-order valence-corrected chi connectivity index (χ3v) is 11.2. The minimum atomic E-state index is -4.11. The van der Waals surface area contributed by atoms with Crippen molar-refractivity contribution in [3.8, 4) is 11.4 Å². The number of hydrogen-bond donors (Lipinski definition) is 1. The lowest BCUT2D eigenvalue weighted by Crippen LogP contribution is -2.46. The van der Waals surface area contributed by atoms with E-state index in [2.05, 4.69) is 25.3 Å². The second-order valence-corrected chi connectivity index (χ2v) is 14.0. The molecule has 4 aromatic rings. The SMILES string of the molecule is Cc1cc(-n2cncn2)c2cccc(OCc3c(Cl)ccc(S(=O)(=O)N4CCC[C@H]4C(=O)NCCCN4CCCC4)c3Cl)c2n1. The van der Waals surface area contributed by atoms with Gasteiger partial charge in [0.15, 0.2) is 0 Å². The van der Waals surface area contributed by atoms with Gasteiger partial charge >= 0.3 is 0 Å². The van der Waals surface area contributed by atoms with E-state index in [0.29, 0.717) is 36.2 Å². The fraction of sp³-hybridized carbons (Fsp3) is 0.419. The van der Waals surface area contributed by atoms with Crippen molar-refractivity contribution in [3.05, 3.63) is 70.4 Å². The first kappa shape index (κ1) is 31.7. The summed E-state index contributed by atoms with van der Waals surface area (Å²) in [4.78, 5) is 24.1. The maximum atomic E-state index is 13.9. The molecule has 2 saturated heterocycles. The summed E-state index contributed by atoms with van der Waals surface area (Å²) in [5, 5.41) is 8.23. The molecule has 4 heterocycles. The highest BCUT2D eigenvalue weighted by atomic mass is 35.5. The number of nitrogens with zero attached hydrogens (tertiary/aromatic N) is 6. The Morgan fingerprint density at radius 2 is 1.93 bits per heavy atom. The quantitative estimate of drug-likeness (QED) is 0.226. The van der Waals surface area contributed by atoms with Crippen molar-refractivity contribution in [1.82, 2.24) is 34.3 Å². The topological polar surface area (TPSA) is 123 Å². The number of hydrogen-bond acceptors (Lipinski definition) is 8. The van der Waals surface area contributed by atoms with Gasteiger partial charge in [-0.05, 0) is 82.9 Å². The molecule has 238 valence electrons. The van der Waals surface area contributed by atoms with Gasteiger partial charge in [0.25, 0.3) is 0 Å². The molecule has 0 bridgehead atoms. The second kappa shape index (κ2) is 13.6. The van der Waals surface area contributed by atoms with Gasteiger partial charge in [0.1, 0.15) is 41.5 Å². The van der Waals surface area contributed by atoms with Crippen LogP contribution in [0.5, 0.6) is 5.75 Å². The van der Waals surface area contributed by atoms with Crippen LogP contribution in [-0.2, 0) is 21.4 Å². The minimum absolute atomic E-state index is 0.0353. The Hall–Kier alpha value is -3.29. The fourth-order valence-corrected chi connectivity index (χ4v) is 8.60. The van der Waals surface area contributed by atoms with Crippen LogP contribution in [0.2, 0.25) is 10.0 Å². The van der Waals surface area contributed by atoms with Crippen molar-refractivity contribution in [3.63, 3.8) is 0 Å². The largest absolute Gasteiger partial charge is 0.487 e. The minimum Gasteiger partial charge on any atom is -0.487 e. The number of fused-ring (bicyclic) bond motifs is 1. The Balaban J connectivity index is 1.20. The first-order chi connectivity index (χ1) is 21.7. The number of aromatic nitrogens is 4. The van der Waals surface area contributed by atoms with Gasteiger partial charge in [-0.3, -0.25) is 4.79 Å². The van der Waals surface area contributed by atoms with Crippen LogP contribution in [0.15, 0.2) is 53.9 Å². The maximum Gasteiger partial charge on any atom is 0.245 e. The summed E-state index contributed by atoms with van der Waals surface area (Å²) in [6.07, 6.45) is 7.35. The van der Waals surface area contributed by atoms with Crippen LogP contribution in [0.4, 0.5) is 0 Å². The highest BCUT2D eigenvalue weighted by Crippen LogP contribution is 2.37. The molecule has 0 aliphatic carbocycles. The number of amides is 1. The molecule has 2 aliphatic rings. The number of ether oxygens (including phenoxy) is 1. The van der Waals surface area contributed by atoms with E-state index in [0.717, 1.165) is 42.8 Å². The molecule has 6 rings (SSSR count). The van der Waals surface area contributed by atoms with Gasteiger partial charge in [-0.2, -0.15) is 9.40 Å². The molecule has 11 nitrogen and oxygen atoms in total.